The van der Waals surface area contributed by atoms with Gasteiger partial charge in [0.05, 0.1) is 23.2 Å². The average molecular weight is 461 g/mol. The molecule has 0 saturated carbocycles. The van der Waals surface area contributed by atoms with Gasteiger partial charge in [-0.25, -0.2) is 4.98 Å². The van der Waals surface area contributed by atoms with E-state index in [1.54, 1.807) is 32.3 Å². The van der Waals surface area contributed by atoms with Gasteiger partial charge in [0, 0.05) is 12.2 Å². The highest BCUT2D eigenvalue weighted by molar-refractivity contribution is 7.99. The fourth-order valence-corrected chi connectivity index (χ4v) is 3.83. The van der Waals surface area contributed by atoms with Crippen LogP contribution in [-0.4, -0.2) is 39.5 Å². The highest BCUT2D eigenvalue weighted by atomic mass is 32.2. The van der Waals surface area contributed by atoms with Crippen LogP contribution in [0.4, 0.5) is 13.2 Å². The zero-order valence-electron chi connectivity index (χ0n) is 18.0. The number of carbonyl (C=O) groups is 2. The van der Waals surface area contributed by atoms with Gasteiger partial charge in [-0.15, -0.1) is 0 Å². The lowest BCUT2D eigenvalue weighted by Gasteiger charge is -2.20. The quantitative estimate of drug-likeness (QED) is 0.290. The summed E-state index contributed by atoms with van der Waals surface area (Å²) in [4.78, 5) is 28.1. The Hall–Kier alpha value is -2.23. The maximum absolute atomic E-state index is 13.1. The van der Waals surface area contributed by atoms with Crippen LogP contribution < -0.4 is 0 Å². The van der Waals surface area contributed by atoms with Crippen LogP contribution in [0, 0.1) is 0 Å². The number of esters is 2. The molecule has 2 rings (SSSR count). The van der Waals surface area contributed by atoms with Gasteiger partial charge in [0.2, 0.25) is 0 Å². The average Bonchev–Trinajstić information content (AvgIpc) is 2.96. The number of alkyl halides is 3. The van der Waals surface area contributed by atoms with Gasteiger partial charge in [-0.1, -0.05) is 11.8 Å². The molecule has 0 bridgehead atoms. The smallest absolute Gasteiger partial charge is 0.416 e. The number of rotatable bonds is 9. The van der Waals surface area contributed by atoms with Gasteiger partial charge in [-0.05, 0) is 58.7 Å². The third-order valence-corrected chi connectivity index (χ3v) is 5.12. The third kappa shape index (κ3) is 7.75. The Labute approximate surface area is 183 Å². The molecule has 0 amide bonds. The molecule has 1 heterocycles. The second kappa shape index (κ2) is 10.4. The summed E-state index contributed by atoms with van der Waals surface area (Å²) < 4.78 is 51.0. The minimum Gasteiger partial charge on any atom is -0.466 e. The van der Waals surface area contributed by atoms with Crippen LogP contribution in [0.25, 0.3) is 11.0 Å². The van der Waals surface area contributed by atoms with Crippen molar-refractivity contribution in [1.82, 2.24) is 9.55 Å². The first-order valence-electron chi connectivity index (χ1n) is 9.98. The van der Waals surface area contributed by atoms with Gasteiger partial charge in [0.15, 0.2) is 5.16 Å². The fraction of sp³-hybridized carbons (Fsp3) is 0.571. The molecule has 0 N–H and O–H groups in total. The van der Waals surface area contributed by atoms with Crippen molar-refractivity contribution in [3.05, 3.63) is 23.8 Å². The summed E-state index contributed by atoms with van der Waals surface area (Å²) in [5.41, 5.74) is -0.898. The van der Waals surface area contributed by atoms with Gasteiger partial charge in [-0.3, -0.25) is 9.59 Å². The summed E-state index contributed by atoms with van der Waals surface area (Å²) >= 11 is 1.32. The Morgan fingerprint density at radius 2 is 1.84 bits per heavy atom. The molecule has 2 aromatic rings. The van der Waals surface area contributed by atoms with Crippen LogP contribution in [0.2, 0.25) is 0 Å². The van der Waals surface area contributed by atoms with Crippen molar-refractivity contribution in [2.45, 2.75) is 70.4 Å². The normalized spacial score (nSPS) is 12.2. The lowest BCUT2D eigenvalue weighted by atomic mass is 10.2. The van der Waals surface area contributed by atoms with E-state index in [1.807, 2.05) is 0 Å². The van der Waals surface area contributed by atoms with E-state index in [9.17, 15) is 22.8 Å². The number of halogens is 3. The zero-order valence-corrected chi connectivity index (χ0v) is 18.9. The Kier molecular flexibility index (Phi) is 8.39. The Bertz CT molecular complexity index is 920. The van der Waals surface area contributed by atoms with Gasteiger partial charge < -0.3 is 14.0 Å². The van der Waals surface area contributed by atoms with Crippen molar-refractivity contribution in [3.63, 3.8) is 0 Å². The molecule has 1 aromatic carbocycles. The van der Waals surface area contributed by atoms with Crippen molar-refractivity contribution in [2.24, 2.45) is 0 Å². The summed E-state index contributed by atoms with van der Waals surface area (Å²) in [6.45, 7) is 7.14. The third-order valence-electron chi connectivity index (χ3n) is 4.06. The van der Waals surface area contributed by atoms with Crippen LogP contribution in [0.1, 0.15) is 52.5 Å². The highest BCUT2D eigenvalue weighted by Gasteiger charge is 2.31. The molecule has 10 heteroatoms. The first kappa shape index (κ1) is 25.0. The van der Waals surface area contributed by atoms with E-state index < -0.39 is 23.3 Å². The highest BCUT2D eigenvalue weighted by Crippen LogP contribution is 2.33. The molecular formula is C21H27F3N2O4S. The topological polar surface area (TPSA) is 70.4 Å². The minimum atomic E-state index is -4.48. The second-order valence-electron chi connectivity index (χ2n) is 7.88. The number of ether oxygens (including phenoxy) is 2. The molecule has 0 unspecified atom stereocenters. The number of hydrogen-bond acceptors (Lipinski definition) is 6. The molecule has 0 radical (unpaired) electrons. The summed E-state index contributed by atoms with van der Waals surface area (Å²) in [6.07, 6.45) is -2.87. The van der Waals surface area contributed by atoms with E-state index in [4.69, 9.17) is 9.47 Å². The van der Waals surface area contributed by atoms with E-state index >= 15 is 0 Å². The minimum absolute atomic E-state index is 0.160. The Morgan fingerprint density at radius 1 is 1.13 bits per heavy atom. The van der Waals surface area contributed by atoms with E-state index in [0.29, 0.717) is 42.3 Å². The number of hydrogen-bond donors (Lipinski definition) is 0. The van der Waals surface area contributed by atoms with Gasteiger partial charge in [0.25, 0.3) is 0 Å². The van der Waals surface area contributed by atoms with E-state index in [-0.39, 0.29) is 18.0 Å². The molecule has 0 saturated heterocycles. The molecule has 172 valence electrons. The SMILES string of the molecule is CCOC(=O)CCCCSc1nc2cc(C(F)(F)F)ccc2n1CC(=O)OC(C)(C)C. The van der Waals surface area contributed by atoms with Crippen LogP contribution >= 0.6 is 11.8 Å². The molecule has 31 heavy (non-hydrogen) atoms. The summed E-state index contributed by atoms with van der Waals surface area (Å²) in [7, 11) is 0. The largest absolute Gasteiger partial charge is 0.466 e. The number of fused-ring (bicyclic) bond motifs is 1. The van der Waals surface area contributed by atoms with Crippen molar-refractivity contribution in [3.8, 4) is 0 Å². The van der Waals surface area contributed by atoms with Gasteiger partial charge in [0.1, 0.15) is 12.1 Å². The molecule has 0 atom stereocenters. The predicted molar refractivity (Wildman–Crippen MR) is 112 cm³/mol. The van der Waals surface area contributed by atoms with Crippen molar-refractivity contribution in [2.75, 3.05) is 12.4 Å². The Morgan fingerprint density at radius 3 is 2.45 bits per heavy atom. The summed E-state index contributed by atoms with van der Waals surface area (Å²) in [5.74, 6) is -0.177. The molecule has 0 spiro atoms. The zero-order chi connectivity index (χ0) is 23.2. The van der Waals surface area contributed by atoms with Crippen molar-refractivity contribution < 1.29 is 32.2 Å². The van der Waals surface area contributed by atoms with E-state index in [2.05, 4.69) is 4.98 Å². The van der Waals surface area contributed by atoms with Crippen LogP contribution in [0.5, 0.6) is 0 Å². The molecular weight excluding hydrogens is 433 g/mol. The first-order chi connectivity index (χ1) is 14.4. The van der Waals surface area contributed by atoms with Crippen molar-refractivity contribution in [1.29, 1.82) is 0 Å². The first-order valence-corrected chi connectivity index (χ1v) is 11.0. The molecule has 0 aliphatic rings. The fourth-order valence-electron chi connectivity index (χ4n) is 2.82. The number of nitrogens with zero attached hydrogens (tertiary/aromatic N) is 2. The van der Waals surface area contributed by atoms with Crippen LogP contribution in [-0.2, 0) is 31.8 Å². The number of unbranched alkanes of at least 4 members (excludes halogenated alkanes) is 1. The molecule has 6 nitrogen and oxygen atoms in total. The number of benzene rings is 1. The Balaban J connectivity index is 2.19. The van der Waals surface area contributed by atoms with Gasteiger partial charge >= 0.3 is 18.1 Å². The number of carbonyl (C=O) groups excluding carboxylic acids is 2. The van der Waals surface area contributed by atoms with E-state index in [0.717, 1.165) is 12.1 Å². The monoisotopic (exact) mass is 460 g/mol. The standard InChI is InChI=1S/C21H27F3N2O4S/c1-5-29-17(27)8-6-7-11-31-19-25-15-12-14(21(22,23)24)9-10-16(15)26(19)13-18(28)30-20(2,3)4/h9-10,12H,5-8,11,13H2,1-4H3. The lowest BCUT2D eigenvalue weighted by molar-refractivity contribution is -0.155. The second-order valence-corrected chi connectivity index (χ2v) is 8.94. The van der Waals surface area contributed by atoms with Crippen LogP contribution in [0.3, 0.4) is 0 Å². The van der Waals surface area contributed by atoms with E-state index in [1.165, 1.54) is 17.8 Å². The number of imidazole rings is 1. The van der Waals surface area contributed by atoms with Gasteiger partial charge in [-0.2, -0.15) is 13.2 Å². The number of thioether (sulfide) groups is 1. The molecule has 0 aliphatic carbocycles. The summed E-state index contributed by atoms with van der Waals surface area (Å²) in [6, 6.07) is 3.27. The maximum Gasteiger partial charge on any atom is 0.416 e. The molecule has 0 aliphatic heterocycles. The van der Waals surface area contributed by atoms with Crippen LogP contribution in [0.15, 0.2) is 23.4 Å². The van der Waals surface area contributed by atoms with Crippen molar-refractivity contribution >= 4 is 34.7 Å². The number of aromatic nitrogens is 2. The molecule has 0 fully saturated rings. The predicted octanol–water partition coefficient (Wildman–Crippen LogP) is 5.22. The molecule has 1 aromatic heterocycles. The summed E-state index contributed by atoms with van der Waals surface area (Å²) in [5, 5.41) is 0.427. The lowest BCUT2D eigenvalue weighted by Crippen LogP contribution is -2.26. The maximum atomic E-state index is 13.1.